The zero-order chi connectivity index (χ0) is 12.5. The van der Waals surface area contributed by atoms with Crippen LogP contribution >= 0.6 is 11.6 Å². The quantitative estimate of drug-likeness (QED) is 0.908. The highest BCUT2D eigenvalue weighted by Crippen LogP contribution is 2.29. The van der Waals surface area contributed by atoms with E-state index in [0.29, 0.717) is 11.6 Å². The van der Waals surface area contributed by atoms with E-state index in [0.717, 1.165) is 36.0 Å². The van der Waals surface area contributed by atoms with Gasteiger partial charge in [0, 0.05) is 18.2 Å². The lowest BCUT2D eigenvalue weighted by Gasteiger charge is -2.24. The van der Waals surface area contributed by atoms with Crippen LogP contribution in [0.5, 0.6) is 0 Å². The largest absolute Gasteiger partial charge is 0.358 e. The lowest BCUT2D eigenvalue weighted by atomic mass is 10.1. The number of imidazole rings is 1. The molecular formula is C13H16ClN3O. The van der Waals surface area contributed by atoms with E-state index in [1.165, 1.54) is 6.42 Å². The molecule has 2 N–H and O–H groups in total. The van der Waals surface area contributed by atoms with Gasteiger partial charge in [0.1, 0.15) is 6.23 Å². The minimum Gasteiger partial charge on any atom is -0.358 e. The number of nitrogens with zero attached hydrogens (tertiary/aromatic N) is 2. The van der Waals surface area contributed by atoms with Crippen LogP contribution in [0.3, 0.4) is 0 Å². The Kier molecular flexibility index (Phi) is 3.24. The van der Waals surface area contributed by atoms with Crippen molar-refractivity contribution < 1.29 is 4.74 Å². The monoisotopic (exact) mass is 265 g/mol. The van der Waals surface area contributed by atoms with Crippen molar-refractivity contribution in [1.82, 2.24) is 9.55 Å². The fourth-order valence-electron chi connectivity index (χ4n) is 2.50. The smallest absolute Gasteiger partial charge is 0.135 e. The standard InChI is InChI=1S/C13H16ClN3O/c14-10-5-9(7-15)13-11(6-10)17(8-16-13)12-3-1-2-4-18-12/h5-6,8,12H,1-4,7,15H2. The van der Waals surface area contributed by atoms with Gasteiger partial charge in [-0.25, -0.2) is 4.98 Å². The minimum atomic E-state index is 0.0767. The Morgan fingerprint density at radius 3 is 3.06 bits per heavy atom. The Hall–Kier alpha value is -1.10. The molecule has 3 rings (SSSR count). The Balaban J connectivity index is 2.10. The summed E-state index contributed by atoms with van der Waals surface area (Å²) in [5.74, 6) is 0. The molecule has 0 saturated carbocycles. The van der Waals surface area contributed by atoms with Crippen molar-refractivity contribution in [3.05, 3.63) is 29.0 Å². The number of rotatable bonds is 2. The maximum absolute atomic E-state index is 6.13. The molecule has 0 aliphatic carbocycles. The van der Waals surface area contributed by atoms with E-state index in [1.807, 2.05) is 18.5 Å². The molecule has 1 aromatic carbocycles. The predicted molar refractivity (Wildman–Crippen MR) is 71.5 cm³/mol. The SMILES string of the molecule is NCc1cc(Cl)cc2c1ncn2C1CCCCO1. The lowest BCUT2D eigenvalue weighted by molar-refractivity contribution is -0.0295. The number of nitrogens with two attached hydrogens (primary N) is 1. The van der Waals surface area contributed by atoms with E-state index in [1.54, 1.807) is 0 Å². The van der Waals surface area contributed by atoms with Gasteiger partial charge < -0.3 is 15.0 Å². The van der Waals surface area contributed by atoms with E-state index in [4.69, 9.17) is 22.1 Å². The number of hydrogen-bond acceptors (Lipinski definition) is 3. The Morgan fingerprint density at radius 1 is 1.44 bits per heavy atom. The summed E-state index contributed by atoms with van der Waals surface area (Å²) >= 11 is 6.13. The first kappa shape index (κ1) is 12.0. The highest BCUT2D eigenvalue weighted by atomic mass is 35.5. The van der Waals surface area contributed by atoms with E-state index in [9.17, 15) is 0 Å². The van der Waals surface area contributed by atoms with Crippen LogP contribution in [-0.2, 0) is 11.3 Å². The van der Waals surface area contributed by atoms with Gasteiger partial charge >= 0.3 is 0 Å². The molecule has 18 heavy (non-hydrogen) atoms. The van der Waals surface area contributed by atoms with Crippen LogP contribution < -0.4 is 5.73 Å². The van der Waals surface area contributed by atoms with Gasteiger partial charge in [-0.2, -0.15) is 0 Å². The number of fused-ring (bicyclic) bond motifs is 1. The summed E-state index contributed by atoms with van der Waals surface area (Å²) in [5, 5.41) is 0.695. The summed E-state index contributed by atoms with van der Waals surface area (Å²) in [5.41, 5.74) is 8.65. The van der Waals surface area contributed by atoms with Gasteiger partial charge in [-0.05, 0) is 37.0 Å². The number of halogens is 1. The molecule has 1 aliphatic rings. The summed E-state index contributed by atoms with van der Waals surface area (Å²) in [6.45, 7) is 1.26. The van der Waals surface area contributed by atoms with Crippen LogP contribution in [0.2, 0.25) is 5.02 Å². The van der Waals surface area contributed by atoms with E-state index < -0.39 is 0 Å². The molecule has 2 aromatic rings. The molecule has 1 saturated heterocycles. The van der Waals surface area contributed by atoms with E-state index >= 15 is 0 Å². The molecule has 4 nitrogen and oxygen atoms in total. The number of ether oxygens (including phenoxy) is 1. The number of aromatic nitrogens is 2. The average Bonchev–Trinajstić information content (AvgIpc) is 2.82. The minimum absolute atomic E-state index is 0.0767. The van der Waals surface area contributed by atoms with Crippen molar-refractivity contribution in [1.29, 1.82) is 0 Å². The molecule has 0 radical (unpaired) electrons. The van der Waals surface area contributed by atoms with Crippen molar-refractivity contribution in [2.24, 2.45) is 5.73 Å². The zero-order valence-electron chi connectivity index (χ0n) is 10.1. The maximum atomic E-state index is 6.13. The number of benzene rings is 1. The summed E-state index contributed by atoms with van der Waals surface area (Å²) in [7, 11) is 0. The van der Waals surface area contributed by atoms with Gasteiger partial charge in [0.2, 0.25) is 0 Å². The molecular weight excluding hydrogens is 250 g/mol. The Morgan fingerprint density at radius 2 is 2.33 bits per heavy atom. The Labute approximate surface area is 111 Å². The van der Waals surface area contributed by atoms with E-state index in [2.05, 4.69) is 9.55 Å². The molecule has 5 heteroatoms. The van der Waals surface area contributed by atoms with Crippen molar-refractivity contribution in [2.45, 2.75) is 32.0 Å². The summed E-state index contributed by atoms with van der Waals surface area (Å²) in [6.07, 6.45) is 5.26. The van der Waals surface area contributed by atoms with Gasteiger partial charge in [0.05, 0.1) is 17.4 Å². The van der Waals surface area contributed by atoms with Crippen LogP contribution in [0.25, 0.3) is 11.0 Å². The number of hydrogen-bond donors (Lipinski definition) is 1. The van der Waals surface area contributed by atoms with Crippen LogP contribution in [0.1, 0.15) is 31.1 Å². The first-order chi connectivity index (χ1) is 8.79. The summed E-state index contributed by atoms with van der Waals surface area (Å²) in [4.78, 5) is 4.45. The van der Waals surface area contributed by atoms with Crippen LogP contribution in [0.15, 0.2) is 18.5 Å². The van der Waals surface area contributed by atoms with Gasteiger partial charge in [-0.3, -0.25) is 0 Å². The van der Waals surface area contributed by atoms with Crippen LogP contribution in [-0.4, -0.2) is 16.2 Å². The maximum Gasteiger partial charge on any atom is 0.135 e. The van der Waals surface area contributed by atoms with Gasteiger partial charge in [-0.15, -0.1) is 0 Å². The lowest BCUT2D eigenvalue weighted by Crippen LogP contribution is -2.17. The summed E-state index contributed by atoms with van der Waals surface area (Å²) < 4.78 is 7.86. The van der Waals surface area contributed by atoms with Crippen LogP contribution in [0, 0.1) is 0 Å². The molecule has 0 spiro atoms. The first-order valence-corrected chi connectivity index (χ1v) is 6.64. The molecule has 96 valence electrons. The molecule has 0 bridgehead atoms. The Bertz CT molecular complexity index is 561. The second kappa shape index (κ2) is 4.88. The topological polar surface area (TPSA) is 53.1 Å². The highest BCUT2D eigenvalue weighted by Gasteiger charge is 2.19. The molecule has 2 heterocycles. The van der Waals surface area contributed by atoms with E-state index in [-0.39, 0.29) is 6.23 Å². The fraction of sp³-hybridized carbons (Fsp3) is 0.462. The van der Waals surface area contributed by atoms with Gasteiger partial charge in [0.25, 0.3) is 0 Å². The normalized spacial score (nSPS) is 20.4. The molecule has 1 unspecified atom stereocenters. The van der Waals surface area contributed by atoms with Crippen molar-refractivity contribution in [2.75, 3.05) is 6.61 Å². The zero-order valence-corrected chi connectivity index (χ0v) is 10.9. The first-order valence-electron chi connectivity index (χ1n) is 6.26. The third-order valence-corrected chi connectivity index (χ3v) is 3.63. The fourth-order valence-corrected chi connectivity index (χ4v) is 2.73. The molecule has 1 aromatic heterocycles. The van der Waals surface area contributed by atoms with Crippen LogP contribution in [0.4, 0.5) is 0 Å². The second-order valence-corrected chi connectivity index (χ2v) is 5.05. The average molecular weight is 266 g/mol. The highest BCUT2D eigenvalue weighted by molar-refractivity contribution is 6.31. The molecule has 1 atom stereocenters. The van der Waals surface area contributed by atoms with Gasteiger partial charge in [-0.1, -0.05) is 11.6 Å². The molecule has 1 aliphatic heterocycles. The van der Waals surface area contributed by atoms with Crippen molar-refractivity contribution in [3.63, 3.8) is 0 Å². The van der Waals surface area contributed by atoms with Crippen molar-refractivity contribution >= 4 is 22.6 Å². The molecule has 1 fully saturated rings. The van der Waals surface area contributed by atoms with Crippen molar-refractivity contribution in [3.8, 4) is 0 Å². The predicted octanol–water partition coefficient (Wildman–Crippen LogP) is 2.85. The molecule has 0 amide bonds. The summed E-state index contributed by atoms with van der Waals surface area (Å²) in [6, 6.07) is 3.81. The third kappa shape index (κ3) is 2.00. The second-order valence-electron chi connectivity index (χ2n) is 4.61. The van der Waals surface area contributed by atoms with Gasteiger partial charge in [0.15, 0.2) is 0 Å². The third-order valence-electron chi connectivity index (χ3n) is 3.41.